The predicted octanol–water partition coefficient (Wildman–Crippen LogP) is 11.1. The SMILES string of the molecule is CCCCCCC(CCCC1CC1CC)OC(=O)CCCCCCCN(CCCCCCCC(=O)OCCCCC)CCN1C(=O)c2ccccc2C1=O. The van der Waals surface area contributed by atoms with Gasteiger partial charge < -0.3 is 14.4 Å². The minimum atomic E-state index is -0.191. The summed E-state index contributed by atoms with van der Waals surface area (Å²) in [4.78, 5) is 54.5. The lowest BCUT2D eigenvalue weighted by molar-refractivity contribution is -0.150. The van der Waals surface area contributed by atoms with Crippen LogP contribution >= 0.6 is 0 Å². The van der Waals surface area contributed by atoms with Gasteiger partial charge in [-0.05, 0) is 101 Å². The monoisotopic (exact) mass is 753 g/mol. The van der Waals surface area contributed by atoms with Gasteiger partial charge in [0.15, 0.2) is 0 Å². The molecule has 0 bridgehead atoms. The second-order valence-corrected chi connectivity index (χ2v) is 16.2. The molecule has 8 heteroatoms. The minimum Gasteiger partial charge on any atom is -0.466 e. The molecule has 306 valence electrons. The van der Waals surface area contributed by atoms with Crippen molar-refractivity contribution >= 4 is 23.8 Å². The van der Waals surface area contributed by atoms with Gasteiger partial charge in [0.05, 0.1) is 17.7 Å². The van der Waals surface area contributed by atoms with Crippen molar-refractivity contribution in [2.24, 2.45) is 11.8 Å². The van der Waals surface area contributed by atoms with E-state index in [1.165, 1.54) is 49.8 Å². The Morgan fingerprint density at radius 1 is 0.667 bits per heavy atom. The largest absolute Gasteiger partial charge is 0.466 e. The van der Waals surface area contributed by atoms with Gasteiger partial charge in [-0.2, -0.15) is 0 Å². The first-order chi connectivity index (χ1) is 26.4. The standard InChI is InChI=1S/C46H76N2O6/c1-4-7-9-16-26-40(27-24-25-39-37-38(39)6-3)54-44(50)31-18-13-11-15-22-33-47(32-21-14-10-12-17-30-43(49)53-36-23-8-5-2)34-35-48-45(51)41-28-19-20-29-42(41)46(48)52/h19-20,28-29,38-40H,4-18,21-27,30-37H2,1-3H3. The number of carbonyl (C=O) groups is 4. The Labute approximate surface area is 328 Å². The number of ether oxygens (including phenoxy) is 2. The Morgan fingerprint density at radius 3 is 1.83 bits per heavy atom. The first kappa shape index (κ1) is 45.6. The minimum absolute atomic E-state index is 0.0185. The molecule has 0 saturated heterocycles. The van der Waals surface area contributed by atoms with Crippen molar-refractivity contribution in [3.05, 3.63) is 35.4 Å². The Bertz CT molecular complexity index is 1180. The van der Waals surface area contributed by atoms with Crippen LogP contribution in [-0.2, 0) is 19.1 Å². The molecular formula is C46H76N2O6. The van der Waals surface area contributed by atoms with Crippen LogP contribution in [0.5, 0.6) is 0 Å². The zero-order chi connectivity index (χ0) is 38.8. The predicted molar refractivity (Wildman–Crippen MR) is 219 cm³/mol. The smallest absolute Gasteiger partial charge is 0.306 e. The van der Waals surface area contributed by atoms with Crippen LogP contribution in [0.2, 0.25) is 0 Å². The molecule has 0 spiro atoms. The Balaban J connectivity index is 1.33. The average Bonchev–Trinajstić information content (AvgIpc) is 3.90. The number of hydrogen-bond donors (Lipinski definition) is 0. The number of benzene rings is 1. The van der Waals surface area contributed by atoms with Crippen LogP contribution in [0, 0.1) is 11.8 Å². The molecule has 2 amide bonds. The number of nitrogens with zero attached hydrogens (tertiary/aromatic N) is 2. The van der Waals surface area contributed by atoms with E-state index >= 15 is 0 Å². The fourth-order valence-corrected chi connectivity index (χ4v) is 7.98. The number of unbranched alkanes of at least 4 members (excludes halogenated alkanes) is 13. The lowest BCUT2D eigenvalue weighted by Gasteiger charge is -2.25. The first-order valence-corrected chi connectivity index (χ1v) is 22.4. The number of imide groups is 1. The van der Waals surface area contributed by atoms with E-state index in [4.69, 9.17) is 9.47 Å². The third-order valence-corrected chi connectivity index (χ3v) is 11.6. The molecule has 1 saturated carbocycles. The second-order valence-electron chi connectivity index (χ2n) is 16.2. The van der Waals surface area contributed by atoms with E-state index in [1.807, 2.05) is 12.1 Å². The van der Waals surface area contributed by atoms with Crippen molar-refractivity contribution in [1.29, 1.82) is 0 Å². The lowest BCUT2D eigenvalue weighted by Crippen LogP contribution is -2.39. The van der Waals surface area contributed by atoms with Crippen LogP contribution in [0.1, 0.15) is 202 Å². The molecule has 1 aliphatic heterocycles. The van der Waals surface area contributed by atoms with E-state index in [0.717, 1.165) is 128 Å². The van der Waals surface area contributed by atoms with Gasteiger partial charge in [0.2, 0.25) is 0 Å². The molecule has 1 aliphatic carbocycles. The fourth-order valence-electron chi connectivity index (χ4n) is 7.98. The van der Waals surface area contributed by atoms with Gasteiger partial charge in [0.1, 0.15) is 6.10 Å². The van der Waals surface area contributed by atoms with E-state index in [2.05, 4.69) is 25.7 Å². The third kappa shape index (κ3) is 18.3. The summed E-state index contributed by atoms with van der Waals surface area (Å²) in [6.45, 7) is 10.1. The van der Waals surface area contributed by atoms with Crippen molar-refractivity contribution < 1.29 is 28.7 Å². The van der Waals surface area contributed by atoms with Gasteiger partial charge in [0, 0.05) is 25.9 Å². The van der Waals surface area contributed by atoms with Gasteiger partial charge in [-0.25, -0.2) is 0 Å². The zero-order valence-electron chi connectivity index (χ0n) is 34.6. The molecule has 0 radical (unpaired) electrons. The van der Waals surface area contributed by atoms with Gasteiger partial charge in [-0.3, -0.25) is 24.1 Å². The molecule has 3 rings (SSSR count). The summed E-state index contributed by atoms with van der Waals surface area (Å²) in [7, 11) is 0. The Hall–Kier alpha value is -2.74. The molecule has 1 fully saturated rings. The molecule has 8 nitrogen and oxygen atoms in total. The highest BCUT2D eigenvalue weighted by Gasteiger charge is 2.35. The molecular weight excluding hydrogens is 677 g/mol. The molecule has 54 heavy (non-hydrogen) atoms. The second kappa shape index (κ2) is 27.8. The van der Waals surface area contributed by atoms with Crippen molar-refractivity contribution in [3.8, 4) is 0 Å². The third-order valence-electron chi connectivity index (χ3n) is 11.6. The summed E-state index contributed by atoms with van der Waals surface area (Å²) in [6.07, 6.45) is 26.5. The molecule has 3 atom stereocenters. The number of rotatable bonds is 34. The summed E-state index contributed by atoms with van der Waals surface area (Å²) < 4.78 is 11.4. The number of carbonyl (C=O) groups excluding carboxylic acids is 4. The van der Waals surface area contributed by atoms with Crippen molar-refractivity contribution in [1.82, 2.24) is 9.80 Å². The fraction of sp³-hybridized carbons (Fsp3) is 0.783. The van der Waals surface area contributed by atoms with Gasteiger partial charge in [-0.1, -0.05) is 116 Å². The number of hydrogen-bond acceptors (Lipinski definition) is 7. The van der Waals surface area contributed by atoms with Crippen molar-refractivity contribution in [2.45, 2.75) is 187 Å². The van der Waals surface area contributed by atoms with Crippen LogP contribution in [0.3, 0.4) is 0 Å². The van der Waals surface area contributed by atoms with Crippen molar-refractivity contribution in [2.75, 3.05) is 32.8 Å². The van der Waals surface area contributed by atoms with Crippen molar-refractivity contribution in [3.63, 3.8) is 0 Å². The summed E-state index contributed by atoms with van der Waals surface area (Å²) in [5.74, 6) is 1.37. The molecule has 3 unspecified atom stereocenters. The van der Waals surface area contributed by atoms with Crippen LogP contribution in [0.25, 0.3) is 0 Å². The maximum Gasteiger partial charge on any atom is 0.306 e. The number of amides is 2. The molecule has 0 aromatic heterocycles. The average molecular weight is 753 g/mol. The zero-order valence-corrected chi connectivity index (χ0v) is 34.6. The summed E-state index contributed by atoms with van der Waals surface area (Å²) in [5, 5.41) is 0. The number of fused-ring (bicyclic) bond motifs is 1. The Morgan fingerprint density at radius 2 is 1.22 bits per heavy atom. The highest BCUT2D eigenvalue weighted by Crippen LogP contribution is 2.44. The highest BCUT2D eigenvalue weighted by atomic mass is 16.5. The molecule has 0 N–H and O–H groups in total. The van der Waals surface area contributed by atoms with E-state index < -0.39 is 0 Å². The summed E-state index contributed by atoms with van der Waals surface area (Å²) >= 11 is 0. The van der Waals surface area contributed by atoms with E-state index in [9.17, 15) is 19.2 Å². The summed E-state index contributed by atoms with van der Waals surface area (Å²) in [5.41, 5.74) is 1.01. The molecule has 1 heterocycles. The normalized spacial score (nSPS) is 16.9. The molecule has 1 aromatic rings. The van der Waals surface area contributed by atoms with Crippen LogP contribution in [0.4, 0.5) is 0 Å². The maximum absolute atomic E-state index is 13.0. The number of esters is 2. The van der Waals surface area contributed by atoms with E-state index in [0.29, 0.717) is 43.7 Å². The molecule has 2 aliphatic rings. The molecule has 1 aromatic carbocycles. The first-order valence-electron chi connectivity index (χ1n) is 22.4. The highest BCUT2D eigenvalue weighted by molar-refractivity contribution is 6.21. The van der Waals surface area contributed by atoms with Crippen LogP contribution in [-0.4, -0.2) is 72.4 Å². The topological polar surface area (TPSA) is 93.2 Å². The van der Waals surface area contributed by atoms with Gasteiger partial charge in [0.25, 0.3) is 11.8 Å². The van der Waals surface area contributed by atoms with Gasteiger partial charge >= 0.3 is 11.9 Å². The summed E-state index contributed by atoms with van der Waals surface area (Å²) in [6, 6.07) is 7.10. The van der Waals surface area contributed by atoms with E-state index in [1.54, 1.807) is 12.1 Å². The van der Waals surface area contributed by atoms with Gasteiger partial charge in [-0.15, -0.1) is 0 Å². The maximum atomic E-state index is 13.0. The quantitative estimate of drug-likeness (QED) is 0.0393. The lowest BCUT2D eigenvalue weighted by atomic mass is 10.0. The van der Waals surface area contributed by atoms with Crippen LogP contribution < -0.4 is 0 Å². The van der Waals surface area contributed by atoms with E-state index in [-0.39, 0.29) is 29.9 Å². The van der Waals surface area contributed by atoms with Crippen LogP contribution in [0.15, 0.2) is 24.3 Å². The Kier molecular flexibility index (Phi) is 23.5.